The lowest BCUT2D eigenvalue weighted by atomic mass is 10.1. The van der Waals surface area contributed by atoms with Crippen LogP contribution in [0.3, 0.4) is 0 Å². The van der Waals surface area contributed by atoms with E-state index < -0.39 is 5.91 Å². The zero-order valence-electron chi connectivity index (χ0n) is 17.9. The molecule has 0 spiro atoms. The monoisotopic (exact) mass is 449 g/mol. The molecule has 4 aromatic rings. The van der Waals surface area contributed by atoms with Gasteiger partial charge in [0.15, 0.2) is 0 Å². The zero-order chi connectivity index (χ0) is 23.9. The molecule has 8 nitrogen and oxygen atoms in total. The number of aromatic nitrogens is 2. The molecule has 0 aliphatic carbocycles. The minimum Gasteiger partial charge on any atom is -0.457 e. The van der Waals surface area contributed by atoms with E-state index in [0.29, 0.717) is 22.7 Å². The summed E-state index contributed by atoms with van der Waals surface area (Å²) in [6.07, 6.45) is 1.58. The number of nitrogens with two attached hydrogens (primary N) is 1. The van der Waals surface area contributed by atoms with Crippen LogP contribution in [0, 0.1) is 11.3 Å². The molecular weight excluding hydrogens is 430 g/mol. The Labute approximate surface area is 195 Å². The number of hydrogen-bond acceptors (Lipinski definition) is 7. The average Bonchev–Trinajstić information content (AvgIpc) is 2.85. The van der Waals surface area contributed by atoms with Gasteiger partial charge in [0, 0.05) is 18.0 Å². The maximum atomic E-state index is 11.9. The Morgan fingerprint density at radius 2 is 1.65 bits per heavy atom. The van der Waals surface area contributed by atoms with Crippen LogP contribution in [-0.4, -0.2) is 15.9 Å². The number of carbonyl (C=O) groups excluding carboxylic acids is 1. The Morgan fingerprint density at radius 1 is 0.941 bits per heavy atom. The van der Waals surface area contributed by atoms with Crippen molar-refractivity contribution in [1.82, 2.24) is 9.97 Å². The lowest BCUT2D eigenvalue weighted by molar-refractivity contribution is -0.112. The van der Waals surface area contributed by atoms with Crippen LogP contribution in [0.25, 0.3) is 11.1 Å². The first kappa shape index (κ1) is 22.0. The molecular formula is C26H19N5O3. The molecule has 1 heterocycles. The second kappa shape index (κ2) is 9.97. The Kier molecular flexibility index (Phi) is 6.47. The molecule has 34 heavy (non-hydrogen) atoms. The molecule has 0 saturated carbocycles. The second-order valence-corrected chi connectivity index (χ2v) is 7.06. The number of rotatable bonds is 7. The smallest absolute Gasteiger partial charge is 0.265 e. The van der Waals surface area contributed by atoms with Crippen molar-refractivity contribution < 1.29 is 14.3 Å². The number of amides is 1. The van der Waals surface area contributed by atoms with Crippen LogP contribution in [0.5, 0.6) is 23.1 Å². The van der Waals surface area contributed by atoms with Gasteiger partial charge >= 0.3 is 0 Å². The van der Waals surface area contributed by atoms with E-state index in [1.54, 1.807) is 36.5 Å². The fraction of sp³-hybridized carbons (Fsp3) is 0. The molecule has 4 rings (SSSR count). The first-order valence-corrected chi connectivity index (χ1v) is 10.2. The molecule has 1 aromatic heterocycles. The summed E-state index contributed by atoms with van der Waals surface area (Å²) in [7, 11) is 0. The third-order valence-corrected chi connectivity index (χ3v) is 4.63. The highest BCUT2D eigenvalue weighted by Crippen LogP contribution is 2.34. The maximum Gasteiger partial charge on any atom is 0.265 e. The van der Waals surface area contributed by atoms with Gasteiger partial charge in [-0.1, -0.05) is 43.0 Å². The largest absolute Gasteiger partial charge is 0.457 e. The number of carbonyl (C=O) groups is 1. The Balaban J connectivity index is 1.56. The second-order valence-electron chi connectivity index (χ2n) is 7.06. The van der Waals surface area contributed by atoms with E-state index in [0.717, 1.165) is 11.3 Å². The number of benzene rings is 3. The summed E-state index contributed by atoms with van der Waals surface area (Å²) in [5.41, 5.74) is 7.45. The average molecular weight is 449 g/mol. The van der Waals surface area contributed by atoms with E-state index in [9.17, 15) is 4.79 Å². The fourth-order valence-electron chi connectivity index (χ4n) is 2.99. The topological polar surface area (TPSA) is 123 Å². The van der Waals surface area contributed by atoms with Crippen molar-refractivity contribution in [2.45, 2.75) is 0 Å². The number of nitrogens with one attached hydrogen (secondary N) is 1. The van der Waals surface area contributed by atoms with Crippen LogP contribution in [0.1, 0.15) is 0 Å². The van der Waals surface area contributed by atoms with Crippen LogP contribution in [0.15, 0.2) is 97.2 Å². The number of para-hydroxylation sites is 1. The molecule has 0 atom stereocenters. The lowest BCUT2D eigenvalue weighted by Gasteiger charge is -2.12. The lowest BCUT2D eigenvalue weighted by Crippen LogP contribution is -2.12. The Morgan fingerprint density at radius 3 is 2.38 bits per heavy atom. The van der Waals surface area contributed by atoms with Gasteiger partial charge in [-0.2, -0.15) is 10.2 Å². The third-order valence-electron chi connectivity index (χ3n) is 4.63. The highest BCUT2D eigenvalue weighted by atomic mass is 16.5. The molecule has 3 aromatic carbocycles. The van der Waals surface area contributed by atoms with E-state index in [-0.39, 0.29) is 17.4 Å². The van der Waals surface area contributed by atoms with Crippen LogP contribution < -0.4 is 20.5 Å². The molecule has 0 bridgehead atoms. The fourth-order valence-corrected chi connectivity index (χ4v) is 2.99. The van der Waals surface area contributed by atoms with Crippen LogP contribution >= 0.6 is 0 Å². The van der Waals surface area contributed by atoms with Crippen LogP contribution in [-0.2, 0) is 4.79 Å². The number of nitrogen functional groups attached to an aromatic ring is 1. The highest BCUT2D eigenvalue weighted by molar-refractivity contribution is 6.06. The summed E-state index contributed by atoms with van der Waals surface area (Å²) in [5.74, 6) is 1.52. The molecule has 8 heteroatoms. The number of nitriles is 1. The molecule has 0 saturated heterocycles. The van der Waals surface area contributed by atoms with E-state index in [4.69, 9.17) is 20.5 Å². The van der Waals surface area contributed by atoms with E-state index in [2.05, 4.69) is 21.9 Å². The predicted octanol–water partition coefficient (Wildman–Crippen LogP) is 5.33. The standard InChI is InChI=1S/C26H19N5O3/c1-17(15-27)24(32)30-19-6-5-9-22(14-19)34-25-23(16-29-26(28)31-25)18-10-12-21(13-11-18)33-20-7-3-2-4-8-20/h2-14,16H,1H2,(H,30,32)(H2,28,29,31). The molecule has 0 fully saturated rings. The number of nitrogens with zero attached hydrogens (tertiary/aromatic N) is 3. The van der Waals surface area contributed by atoms with Gasteiger partial charge in [0.25, 0.3) is 5.91 Å². The number of hydrogen-bond donors (Lipinski definition) is 2. The highest BCUT2D eigenvalue weighted by Gasteiger charge is 2.13. The minimum atomic E-state index is -0.593. The van der Waals surface area contributed by atoms with Crippen molar-refractivity contribution in [3.8, 4) is 40.3 Å². The van der Waals surface area contributed by atoms with E-state index in [1.807, 2.05) is 54.6 Å². The van der Waals surface area contributed by atoms with Gasteiger partial charge in [0.2, 0.25) is 11.8 Å². The predicted molar refractivity (Wildman–Crippen MR) is 128 cm³/mol. The summed E-state index contributed by atoms with van der Waals surface area (Å²) in [4.78, 5) is 20.2. The molecule has 0 radical (unpaired) electrons. The first-order valence-electron chi connectivity index (χ1n) is 10.2. The van der Waals surface area contributed by atoms with Gasteiger partial charge in [-0.15, -0.1) is 0 Å². The van der Waals surface area contributed by atoms with Crippen molar-refractivity contribution in [3.63, 3.8) is 0 Å². The molecule has 166 valence electrons. The Bertz CT molecular complexity index is 1380. The first-order chi connectivity index (χ1) is 16.5. The molecule has 1 amide bonds. The minimum absolute atomic E-state index is 0.0533. The van der Waals surface area contributed by atoms with Gasteiger partial charge in [0.05, 0.1) is 5.56 Å². The van der Waals surface area contributed by atoms with Gasteiger partial charge in [-0.05, 0) is 42.0 Å². The quantitative estimate of drug-likeness (QED) is 0.289. The zero-order valence-corrected chi connectivity index (χ0v) is 17.9. The van der Waals surface area contributed by atoms with E-state index >= 15 is 0 Å². The van der Waals surface area contributed by atoms with Crippen molar-refractivity contribution >= 4 is 17.5 Å². The molecule has 3 N–H and O–H groups in total. The molecule has 0 aliphatic heterocycles. The van der Waals surface area contributed by atoms with Gasteiger partial charge in [-0.3, -0.25) is 4.79 Å². The van der Waals surface area contributed by atoms with Crippen molar-refractivity contribution in [2.75, 3.05) is 11.1 Å². The van der Waals surface area contributed by atoms with Crippen LogP contribution in [0.2, 0.25) is 0 Å². The summed E-state index contributed by atoms with van der Waals surface area (Å²) in [5, 5.41) is 11.4. The van der Waals surface area contributed by atoms with Gasteiger partial charge in [0.1, 0.15) is 28.9 Å². The summed E-state index contributed by atoms with van der Waals surface area (Å²) < 4.78 is 11.8. The summed E-state index contributed by atoms with van der Waals surface area (Å²) >= 11 is 0. The maximum absolute atomic E-state index is 11.9. The SMILES string of the molecule is C=C(C#N)C(=O)Nc1cccc(Oc2nc(N)ncc2-c2ccc(Oc3ccccc3)cc2)c1. The summed E-state index contributed by atoms with van der Waals surface area (Å²) in [6.45, 7) is 3.40. The van der Waals surface area contributed by atoms with E-state index in [1.165, 1.54) is 0 Å². The third kappa shape index (κ3) is 5.36. The van der Waals surface area contributed by atoms with Gasteiger partial charge in [-0.25, -0.2) is 4.98 Å². The Hall–Kier alpha value is -5.16. The molecule has 0 aliphatic rings. The van der Waals surface area contributed by atoms with Crippen molar-refractivity contribution in [3.05, 3.63) is 97.2 Å². The molecule has 0 unspecified atom stereocenters. The normalized spacial score (nSPS) is 10.1. The van der Waals surface area contributed by atoms with Crippen molar-refractivity contribution in [1.29, 1.82) is 5.26 Å². The number of anilines is 2. The van der Waals surface area contributed by atoms with Gasteiger partial charge < -0.3 is 20.5 Å². The van der Waals surface area contributed by atoms with Crippen molar-refractivity contribution in [2.24, 2.45) is 0 Å². The number of ether oxygens (including phenoxy) is 2. The van der Waals surface area contributed by atoms with Crippen LogP contribution in [0.4, 0.5) is 11.6 Å². The summed E-state index contributed by atoms with van der Waals surface area (Å²) in [6, 6.07) is 25.2.